The zero-order valence-corrected chi connectivity index (χ0v) is 11.0. The molecule has 2 rings (SSSR count). The Morgan fingerprint density at radius 3 is 2.72 bits per heavy atom. The van der Waals surface area contributed by atoms with E-state index in [2.05, 4.69) is 20.1 Å². The van der Waals surface area contributed by atoms with Gasteiger partial charge in [0.15, 0.2) is 0 Å². The zero-order chi connectivity index (χ0) is 13.6. The zero-order valence-electron chi connectivity index (χ0n) is 11.0. The molecule has 2 aliphatic carbocycles. The maximum absolute atomic E-state index is 11.0. The van der Waals surface area contributed by atoms with Crippen molar-refractivity contribution in [1.82, 2.24) is 0 Å². The van der Waals surface area contributed by atoms with E-state index in [1.165, 1.54) is 0 Å². The number of hydrogen-bond donors (Lipinski definition) is 2. The Balaban J connectivity index is 2.26. The molecule has 2 saturated carbocycles. The summed E-state index contributed by atoms with van der Waals surface area (Å²) in [6.45, 7) is 9.79. The number of fused-ring (bicyclic) bond motifs is 1. The van der Waals surface area contributed by atoms with Crippen molar-refractivity contribution in [3.8, 4) is 0 Å². The molecule has 0 bridgehead atoms. The summed E-state index contributed by atoms with van der Waals surface area (Å²) in [5.41, 5.74) is 0.0486. The molecule has 0 spiro atoms. The minimum absolute atomic E-state index is 0.129. The maximum atomic E-state index is 11.0. The lowest BCUT2D eigenvalue weighted by Gasteiger charge is -2.55. The average Bonchev–Trinajstić information content (AvgIpc) is 2.30. The van der Waals surface area contributed by atoms with Crippen LogP contribution in [0.15, 0.2) is 24.3 Å². The molecule has 3 atom stereocenters. The first-order valence-corrected chi connectivity index (χ1v) is 6.63. The van der Waals surface area contributed by atoms with Crippen LogP contribution in [0.1, 0.15) is 45.4 Å². The van der Waals surface area contributed by atoms with Crippen molar-refractivity contribution in [3.63, 3.8) is 0 Å². The highest BCUT2D eigenvalue weighted by atomic mass is 16.4. The van der Waals surface area contributed by atoms with Gasteiger partial charge in [0.05, 0.1) is 5.60 Å². The second-order valence-electron chi connectivity index (χ2n) is 6.15. The Labute approximate surface area is 108 Å². The Kier molecular flexibility index (Phi) is 3.14. The Morgan fingerprint density at radius 2 is 2.11 bits per heavy atom. The van der Waals surface area contributed by atoms with Crippen molar-refractivity contribution >= 4 is 5.97 Å². The van der Waals surface area contributed by atoms with Gasteiger partial charge in [0.1, 0.15) is 0 Å². The Hall–Kier alpha value is -1.09. The molecule has 0 radical (unpaired) electrons. The lowest BCUT2D eigenvalue weighted by atomic mass is 9.53. The third-order valence-electron chi connectivity index (χ3n) is 5.14. The van der Waals surface area contributed by atoms with Crippen molar-refractivity contribution < 1.29 is 15.0 Å². The summed E-state index contributed by atoms with van der Waals surface area (Å²) in [7, 11) is 0. The van der Waals surface area contributed by atoms with Gasteiger partial charge in [-0.15, -0.1) is 0 Å². The van der Waals surface area contributed by atoms with Crippen LogP contribution in [0.25, 0.3) is 0 Å². The highest BCUT2D eigenvalue weighted by molar-refractivity contribution is 5.86. The standard InChI is InChI=1S/C15H22O3/c1-10-5-4-7-14(3)8-6-12(9-15(10,14)18)11(2)13(16)17/h12,18H,1-2,4-9H2,3H3,(H,16,17)/t12-,14-,15+/m0/s1. The molecule has 2 N–H and O–H groups in total. The molecule has 0 aromatic heterocycles. The fourth-order valence-corrected chi connectivity index (χ4v) is 3.68. The van der Waals surface area contributed by atoms with E-state index in [0.717, 1.165) is 37.7 Å². The molecule has 0 aromatic carbocycles. The van der Waals surface area contributed by atoms with E-state index in [1.807, 2.05) is 0 Å². The Bertz CT molecular complexity index is 412. The minimum Gasteiger partial charge on any atom is -0.478 e. The number of aliphatic carboxylic acids is 1. The molecule has 0 amide bonds. The highest BCUT2D eigenvalue weighted by Crippen LogP contribution is 2.56. The van der Waals surface area contributed by atoms with Crippen LogP contribution in [0.5, 0.6) is 0 Å². The van der Waals surface area contributed by atoms with Gasteiger partial charge in [-0.3, -0.25) is 0 Å². The van der Waals surface area contributed by atoms with E-state index < -0.39 is 11.6 Å². The van der Waals surface area contributed by atoms with Crippen LogP contribution in [-0.4, -0.2) is 21.8 Å². The van der Waals surface area contributed by atoms with Crippen LogP contribution < -0.4 is 0 Å². The smallest absolute Gasteiger partial charge is 0.331 e. The van der Waals surface area contributed by atoms with Crippen molar-refractivity contribution in [2.75, 3.05) is 0 Å². The number of carbonyl (C=O) groups is 1. The fraction of sp³-hybridized carbons (Fsp3) is 0.667. The maximum Gasteiger partial charge on any atom is 0.331 e. The molecule has 0 heterocycles. The molecular weight excluding hydrogens is 228 g/mol. The van der Waals surface area contributed by atoms with E-state index >= 15 is 0 Å². The minimum atomic E-state index is -0.950. The second kappa shape index (κ2) is 4.23. The summed E-state index contributed by atoms with van der Waals surface area (Å²) < 4.78 is 0. The van der Waals surface area contributed by atoms with Crippen LogP contribution in [0.2, 0.25) is 0 Å². The number of carboxylic acids is 1. The van der Waals surface area contributed by atoms with Crippen molar-refractivity contribution in [3.05, 3.63) is 24.3 Å². The number of rotatable bonds is 2. The van der Waals surface area contributed by atoms with Gasteiger partial charge in [0.2, 0.25) is 0 Å². The molecule has 2 fully saturated rings. The molecule has 0 aliphatic heterocycles. The van der Waals surface area contributed by atoms with E-state index in [1.54, 1.807) is 0 Å². The van der Waals surface area contributed by atoms with E-state index in [0.29, 0.717) is 6.42 Å². The van der Waals surface area contributed by atoms with Crippen LogP contribution in [0.4, 0.5) is 0 Å². The van der Waals surface area contributed by atoms with E-state index in [4.69, 9.17) is 5.11 Å². The first-order chi connectivity index (χ1) is 8.30. The van der Waals surface area contributed by atoms with Gasteiger partial charge in [-0.1, -0.05) is 20.1 Å². The van der Waals surface area contributed by atoms with Crippen LogP contribution >= 0.6 is 0 Å². The van der Waals surface area contributed by atoms with Gasteiger partial charge in [-0.25, -0.2) is 4.79 Å². The summed E-state index contributed by atoms with van der Waals surface area (Å²) in [6.07, 6.45) is 5.03. The lowest BCUT2D eigenvalue weighted by molar-refractivity contribution is -0.135. The molecule has 0 aromatic rings. The molecule has 0 saturated heterocycles. The predicted molar refractivity (Wildman–Crippen MR) is 70.2 cm³/mol. The number of aliphatic hydroxyl groups is 1. The monoisotopic (exact) mass is 250 g/mol. The van der Waals surface area contributed by atoms with Gasteiger partial charge >= 0.3 is 5.97 Å². The fourth-order valence-electron chi connectivity index (χ4n) is 3.68. The van der Waals surface area contributed by atoms with Crippen LogP contribution in [-0.2, 0) is 4.79 Å². The van der Waals surface area contributed by atoms with Crippen molar-refractivity contribution in [2.45, 2.75) is 51.0 Å². The van der Waals surface area contributed by atoms with Gasteiger partial charge in [-0.05, 0) is 50.0 Å². The third-order valence-corrected chi connectivity index (χ3v) is 5.14. The van der Waals surface area contributed by atoms with Crippen molar-refractivity contribution in [2.24, 2.45) is 11.3 Å². The molecule has 100 valence electrons. The summed E-state index contributed by atoms with van der Waals surface area (Å²) in [5, 5.41) is 20.0. The molecule has 3 heteroatoms. The predicted octanol–water partition coefficient (Wildman–Crippen LogP) is 2.90. The molecule has 3 nitrogen and oxygen atoms in total. The van der Waals surface area contributed by atoms with Crippen molar-refractivity contribution in [1.29, 1.82) is 0 Å². The Morgan fingerprint density at radius 1 is 1.44 bits per heavy atom. The number of carboxylic acid groups (broad SMARTS) is 1. The van der Waals surface area contributed by atoms with Gasteiger partial charge in [-0.2, -0.15) is 0 Å². The summed E-state index contributed by atoms with van der Waals surface area (Å²) >= 11 is 0. The summed E-state index contributed by atoms with van der Waals surface area (Å²) in [5.74, 6) is -1.08. The summed E-state index contributed by atoms with van der Waals surface area (Å²) in [6, 6.07) is 0. The SMILES string of the molecule is C=C(C(=O)O)[C@H]1CC[C@]2(C)CCCC(=C)[C@]2(O)C1. The first-order valence-electron chi connectivity index (χ1n) is 6.63. The third kappa shape index (κ3) is 1.81. The topological polar surface area (TPSA) is 57.5 Å². The number of hydrogen-bond acceptors (Lipinski definition) is 2. The van der Waals surface area contributed by atoms with Crippen LogP contribution in [0.3, 0.4) is 0 Å². The quantitative estimate of drug-likeness (QED) is 0.585. The van der Waals surface area contributed by atoms with E-state index in [-0.39, 0.29) is 16.9 Å². The molecular formula is C15H22O3. The second-order valence-corrected chi connectivity index (χ2v) is 6.15. The summed E-state index contributed by atoms with van der Waals surface area (Å²) in [4.78, 5) is 11.0. The van der Waals surface area contributed by atoms with Gasteiger partial charge < -0.3 is 10.2 Å². The normalized spacial score (nSPS) is 40.1. The van der Waals surface area contributed by atoms with Gasteiger partial charge in [0.25, 0.3) is 0 Å². The lowest BCUT2D eigenvalue weighted by Crippen LogP contribution is -2.54. The first kappa shape index (κ1) is 13.3. The largest absolute Gasteiger partial charge is 0.478 e. The molecule has 2 aliphatic rings. The van der Waals surface area contributed by atoms with Gasteiger partial charge in [0, 0.05) is 11.0 Å². The average molecular weight is 250 g/mol. The van der Waals surface area contributed by atoms with E-state index in [9.17, 15) is 9.90 Å². The molecule has 18 heavy (non-hydrogen) atoms. The van der Waals surface area contributed by atoms with Crippen LogP contribution in [0, 0.1) is 11.3 Å². The molecule has 0 unspecified atom stereocenters. The highest BCUT2D eigenvalue weighted by Gasteiger charge is 2.54.